The van der Waals surface area contributed by atoms with E-state index < -0.39 is 16.0 Å². The van der Waals surface area contributed by atoms with Gasteiger partial charge in [-0.3, -0.25) is 4.79 Å². The molecule has 0 bridgehead atoms. The molecule has 0 radical (unpaired) electrons. The largest absolute Gasteiger partial charge is 0.490 e. The van der Waals surface area contributed by atoms with E-state index in [2.05, 4.69) is 5.32 Å². The normalized spacial score (nSPS) is 11.5. The van der Waals surface area contributed by atoms with E-state index in [1.807, 2.05) is 0 Å². The minimum atomic E-state index is -4.19. The zero-order valence-corrected chi connectivity index (χ0v) is 21.2. The molecule has 0 fully saturated rings. The molecular formula is C24H17Cl3N2O5S. The van der Waals surface area contributed by atoms with E-state index in [1.165, 1.54) is 42.5 Å². The lowest BCUT2D eigenvalue weighted by Crippen LogP contribution is -2.14. The molecule has 0 heterocycles. The Morgan fingerprint density at radius 3 is 2.29 bits per heavy atom. The van der Waals surface area contributed by atoms with E-state index in [-0.39, 0.29) is 49.3 Å². The van der Waals surface area contributed by atoms with Gasteiger partial charge in [0.1, 0.15) is 16.5 Å². The molecule has 0 aliphatic carbocycles. The predicted molar refractivity (Wildman–Crippen MR) is 136 cm³/mol. The van der Waals surface area contributed by atoms with Crippen LogP contribution in [0.15, 0.2) is 71.1 Å². The lowest BCUT2D eigenvalue weighted by atomic mass is 10.1. The number of ether oxygens (including phenoxy) is 1. The van der Waals surface area contributed by atoms with Crippen LogP contribution in [0.25, 0.3) is 6.08 Å². The molecule has 0 aromatic heterocycles. The van der Waals surface area contributed by atoms with E-state index in [1.54, 1.807) is 37.3 Å². The summed E-state index contributed by atoms with van der Waals surface area (Å²) in [6.07, 6.45) is 1.25. The highest BCUT2D eigenvalue weighted by Gasteiger charge is 2.22. The molecule has 1 amide bonds. The van der Waals surface area contributed by atoms with Crippen molar-refractivity contribution in [2.45, 2.75) is 11.8 Å². The number of rotatable bonds is 8. The third-order valence-electron chi connectivity index (χ3n) is 4.43. The summed E-state index contributed by atoms with van der Waals surface area (Å²) in [6.45, 7) is 1.86. The van der Waals surface area contributed by atoms with Crippen LogP contribution < -0.4 is 14.2 Å². The van der Waals surface area contributed by atoms with Crippen molar-refractivity contribution in [3.63, 3.8) is 0 Å². The Balaban J connectivity index is 1.96. The number of carbonyl (C=O) groups is 1. The first-order valence-electron chi connectivity index (χ1n) is 9.99. The van der Waals surface area contributed by atoms with Crippen molar-refractivity contribution in [3.05, 3.63) is 86.9 Å². The van der Waals surface area contributed by atoms with Gasteiger partial charge in [-0.15, -0.1) is 0 Å². The molecule has 35 heavy (non-hydrogen) atoms. The van der Waals surface area contributed by atoms with Gasteiger partial charge < -0.3 is 14.2 Å². The number of para-hydroxylation sites is 1. The van der Waals surface area contributed by atoms with Gasteiger partial charge >= 0.3 is 10.1 Å². The summed E-state index contributed by atoms with van der Waals surface area (Å²) in [7, 11) is -4.19. The molecule has 3 aromatic carbocycles. The maximum atomic E-state index is 12.7. The minimum Gasteiger partial charge on any atom is -0.490 e. The Bertz CT molecular complexity index is 1420. The van der Waals surface area contributed by atoms with Gasteiger partial charge in [0.2, 0.25) is 5.75 Å². The standard InChI is InChI=1S/C24H17Cl3N2O5S/c1-2-33-21-13-15(11-16(14-28)24(30)29-22-18(25)9-6-10-19(22)26)12-20(27)23(21)34-35(31,32)17-7-4-3-5-8-17/h3-13H,2H2,1H3,(H,29,30)/b16-11+. The number of anilines is 1. The summed E-state index contributed by atoms with van der Waals surface area (Å²) >= 11 is 18.5. The second-order valence-corrected chi connectivity index (χ2v) is 9.60. The Hall–Kier alpha value is -3.22. The molecule has 180 valence electrons. The molecule has 11 heteroatoms. The van der Waals surface area contributed by atoms with Crippen LogP contribution in [0.3, 0.4) is 0 Å². The molecule has 3 aromatic rings. The third kappa shape index (κ3) is 6.47. The van der Waals surface area contributed by atoms with E-state index >= 15 is 0 Å². The van der Waals surface area contributed by atoms with Crippen molar-refractivity contribution >= 4 is 62.6 Å². The van der Waals surface area contributed by atoms with Crippen LogP contribution in [-0.4, -0.2) is 20.9 Å². The minimum absolute atomic E-state index is 0.0117. The highest BCUT2D eigenvalue weighted by atomic mass is 35.5. The fourth-order valence-corrected chi connectivity index (χ4v) is 4.65. The summed E-state index contributed by atoms with van der Waals surface area (Å²) in [4.78, 5) is 12.6. The quantitative estimate of drug-likeness (QED) is 0.198. The predicted octanol–water partition coefficient (Wildman–Crippen LogP) is 6.36. The van der Waals surface area contributed by atoms with Crippen LogP contribution in [-0.2, 0) is 14.9 Å². The number of halogens is 3. The summed E-state index contributed by atoms with van der Waals surface area (Å²) in [5.74, 6) is -0.971. The number of carbonyl (C=O) groups excluding carboxylic acids is 1. The maximum absolute atomic E-state index is 12.7. The summed E-state index contributed by atoms with van der Waals surface area (Å²) < 4.78 is 36.1. The average Bonchev–Trinajstić information content (AvgIpc) is 2.82. The number of hydrogen-bond acceptors (Lipinski definition) is 6. The van der Waals surface area contributed by atoms with Gasteiger partial charge in [-0.05, 0) is 55.0 Å². The Kier molecular flexibility index (Phi) is 8.65. The van der Waals surface area contributed by atoms with Crippen molar-refractivity contribution in [3.8, 4) is 17.6 Å². The van der Waals surface area contributed by atoms with Crippen LogP contribution in [0.4, 0.5) is 5.69 Å². The van der Waals surface area contributed by atoms with Gasteiger partial charge in [-0.2, -0.15) is 13.7 Å². The fourth-order valence-electron chi connectivity index (χ4n) is 2.87. The van der Waals surface area contributed by atoms with Crippen LogP contribution in [0.1, 0.15) is 12.5 Å². The molecule has 1 N–H and O–H groups in total. The van der Waals surface area contributed by atoms with Gasteiger partial charge in [0.15, 0.2) is 5.75 Å². The SMILES string of the molecule is CCOc1cc(/C=C(\C#N)C(=O)Nc2c(Cl)cccc2Cl)cc(Cl)c1OS(=O)(=O)c1ccccc1. The van der Waals surface area contributed by atoms with Crippen LogP contribution in [0, 0.1) is 11.3 Å². The van der Waals surface area contributed by atoms with Gasteiger partial charge in [0.25, 0.3) is 5.91 Å². The molecule has 0 aliphatic heterocycles. The first-order valence-corrected chi connectivity index (χ1v) is 12.5. The first kappa shape index (κ1) is 26.4. The second kappa shape index (κ2) is 11.5. The highest BCUT2D eigenvalue weighted by molar-refractivity contribution is 7.87. The molecular weight excluding hydrogens is 535 g/mol. The monoisotopic (exact) mass is 550 g/mol. The van der Waals surface area contributed by atoms with Crippen molar-refractivity contribution in [1.82, 2.24) is 0 Å². The van der Waals surface area contributed by atoms with Crippen molar-refractivity contribution in [2.24, 2.45) is 0 Å². The Morgan fingerprint density at radius 1 is 1.03 bits per heavy atom. The number of nitrogens with one attached hydrogen (secondary N) is 1. The molecule has 0 spiro atoms. The molecule has 0 unspecified atom stereocenters. The average molecular weight is 552 g/mol. The van der Waals surface area contributed by atoms with Gasteiger partial charge in [-0.25, -0.2) is 0 Å². The molecule has 0 saturated carbocycles. The lowest BCUT2D eigenvalue weighted by molar-refractivity contribution is -0.112. The van der Waals surface area contributed by atoms with Crippen LogP contribution in [0.5, 0.6) is 11.5 Å². The summed E-state index contributed by atoms with van der Waals surface area (Å²) in [5.41, 5.74) is 0.162. The van der Waals surface area contributed by atoms with Crippen molar-refractivity contribution in [2.75, 3.05) is 11.9 Å². The third-order valence-corrected chi connectivity index (χ3v) is 6.58. The topological polar surface area (TPSA) is 105 Å². The van der Waals surface area contributed by atoms with Gasteiger partial charge in [0.05, 0.1) is 27.4 Å². The van der Waals surface area contributed by atoms with Crippen LogP contribution >= 0.6 is 34.8 Å². The van der Waals surface area contributed by atoms with E-state index in [4.69, 9.17) is 43.7 Å². The van der Waals surface area contributed by atoms with Gasteiger partial charge in [-0.1, -0.05) is 59.1 Å². The molecule has 0 atom stereocenters. The molecule has 0 aliphatic rings. The number of benzene rings is 3. The van der Waals surface area contributed by atoms with Gasteiger partial charge in [0, 0.05) is 0 Å². The fraction of sp³-hybridized carbons (Fsp3) is 0.0833. The summed E-state index contributed by atoms with van der Waals surface area (Å²) in [6, 6.07) is 16.8. The van der Waals surface area contributed by atoms with Crippen LogP contribution in [0.2, 0.25) is 15.1 Å². The maximum Gasteiger partial charge on any atom is 0.339 e. The smallest absolute Gasteiger partial charge is 0.339 e. The molecule has 7 nitrogen and oxygen atoms in total. The van der Waals surface area contributed by atoms with Crippen molar-refractivity contribution < 1.29 is 22.1 Å². The Labute approximate surface area is 217 Å². The zero-order valence-electron chi connectivity index (χ0n) is 18.1. The molecule has 3 rings (SSSR count). The van der Waals surface area contributed by atoms with Crippen molar-refractivity contribution in [1.29, 1.82) is 5.26 Å². The second-order valence-electron chi connectivity index (χ2n) is 6.83. The zero-order chi connectivity index (χ0) is 25.6. The first-order chi connectivity index (χ1) is 16.7. The highest BCUT2D eigenvalue weighted by Crippen LogP contribution is 2.39. The van der Waals surface area contributed by atoms with E-state index in [0.717, 1.165) is 0 Å². The number of nitriles is 1. The Morgan fingerprint density at radius 2 is 1.69 bits per heavy atom. The van der Waals surface area contributed by atoms with E-state index in [0.29, 0.717) is 5.56 Å². The number of amides is 1. The summed E-state index contributed by atoms with van der Waals surface area (Å²) in [5, 5.41) is 12.3. The lowest BCUT2D eigenvalue weighted by Gasteiger charge is -2.14. The number of nitrogens with zero attached hydrogens (tertiary/aromatic N) is 1. The van der Waals surface area contributed by atoms with E-state index in [9.17, 15) is 18.5 Å². The number of hydrogen-bond donors (Lipinski definition) is 1. The molecule has 0 saturated heterocycles.